The lowest BCUT2D eigenvalue weighted by Crippen LogP contribution is -2.25. The standard InChI is InChI=1S/C26H29N5O3S/c1-5-22(24(32)27-19-9-7-18(8-10-19)17(3)4)35-26-29-28-23-25(33)30(15-16-31(23)26)20-11-13-21(14-12-20)34-6-2/h7-17,22H,5-6H2,1-4H3,(H,27,32). The van der Waals surface area contributed by atoms with Crippen molar-refractivity contribution in [1.82, 2.24) is 19.2 Å². The van der Waals surface area contributed by atoms with E-state index in [1.54, 1.807) is 16.8 Å². The molecule has 182 valence electrons. The van der Waals surface area contributed by atoms with E-state index in [2.05, 4.69) is 29.4 Å². The summed E-state index contributed by atoms with van der Waals surface area (Å²) in [5.74, 6) is 1.06. The van der Waals surface area contributed by atoms with Gasteiger partial charge in [-0.25, -0.2) is 0 Å². The predicted octanol–water partition coefficient (Wildman–Crippen LogP) is 4.91. The number of benzene rings is 2. The topological polar surface area (TPSA) is 90.5 Å². The number of aromatic nitrogens is 4. The molecule has 0 aliphatic heterocycles. The molecule has 4 aromatic rings. The fourth-order valence-corrected chi connectivity index (χ4v) is 4.58. The van der Waals surface area contributed by atoms with Crippen LogP contribution in [-0.4, -0.2) is 36.9 Å². The summed E-state index contributed by atoms with van der Waals surface area (Å²) < 4.78 is 8.61. The van der Waals surface area contributed by atoms with Gasteiger partial charge >= 0.3 is 5.56 Å². The third-order valence-electron chi connectivity index (χ3n) is 5.62. The Morgan fingerprint density at radius 3 is 2.37 bits per heavy atom. The molecule has 0 radical (unpaired) electrons. The monoisotopic (exact) mass is 491 g/mol. The molecule has 0 saturated carbocycles. The molecule has 1 N–H and O–H groups in total. The Balaban J connectivity index is 1.52. The molecule has 8 nitrogen and oxygen atoms in total. The van der Waals surface area contributed by atoms with Crippen LogP contribution in [0.25, 0.3) is 11.3 Å². The highest BCUT2D eigenvalue weighted by Crippen LogP contribution is 2.26. The van der Waals surface area contributed by atoms with E-state index in [0.717, 1.165) is 11.4 Å². The van der Waals surface area contributed by atoms with Crippen molar-refractivity contribution < 1.29 is 9.53 Å². The van der Waals surface area contributed by atoms with Crippen molar-refractivity contribution in [3.8, 4) is 11.4 Å². The molecule has 0 aliphatic rings. The van der Waals surface area contributed by atoms with E-state index in [9.17, 15) is 9.59 Å². The van der Waals surface area contributed by atoms with Crippen molar-refractivity contribution in [3.63, 3.8) is 0 Å². The van der Waals surface area contributed by atoms with Gasteiger partial charge in [-0.15, -0.1) is 10.2 Å². The maximum atomic E-state index is 13.1. The number of fused-ring (bicyclic) bond motifs is 1. The molecule has 2 aromatic heterocycles. The van der Waals surface area contributed by atoms with Crippen molar-refractivity contribution >= 4 is 29.0 Å². The average molecular weight is 492 g/mol. The molecule has 0 saturated heterocycles. The van der Waals surface area contributed by atoms with Gasteiger partial charge < -0.3 is 10.1 Å². The van der Waals surface area contributed by atoms with Gasteiger partial charge in [-0.3, -0.25) is 18.6 Å². The number of nitrogens with one attached hydrogen (secondary N) is 1. The molecule has 2 heterocycles. The third-order valence-corrected chi connectivity index (χ3v) is 6.94. The quantitative estimate of drug-likeness (QED) is 0.335. The van der Waals surface area contributed by atoms with Crippen molar-refractivity contribution in [2.24, 2.45) is 0 Å². The van der Waals surface area contributed by atoms with Crippen molar-refractivity contribution in [3.05, 3.63) is 76.8 Å². The Labute approximate surface area is 208 Å². The Kier molecular flexibility index (Phi) is 7.55. The van der Waals surface area contributed by atoms with Crippen LogP contribution in [-0.2, 0) is 4.79 Å². The third kappa shape index (κ3) is 5.40. The van der Waals surface area contributed by atoms with Crippen LogP contribution in [0, 0.1) is 0 Å². The van der Waals surface area contributed by atoms with Gasteiger partial charge in [-0.2, -0.15) is 0 Å². The van der Waals surface area contributed by atoms with E-state index in [-0.39, 0.29) is 22.4 Å². The molecule has 0 fully saturated rings. The van der Waals surface area contributed by atoms with E-state index in [1.807, 2.05) is 62.4 Å². The van der Waals surface area contributed by atoms with E-state index < -0.39 is 0 Å². The molecule has 9 heteroatoms. The van der Waals surface area contributed by atoms with Crippen LogP contribution in [0.2, 0.25) is 0 Å². The van der Waals surface area contributed by atoms with Crippen LogP contribution in [0.15, 0.2) is 70.9 Å². The Morgan fingerprint density at radius 1 is 1.03 bits per heavy atom. The Bertz CT molecular complexity index is 1360. The van der Waals surface area contributed by atoms with Gasteiger partial charge in [-0.05, 0) is 61.2 Å². The highest BCUT2D eigenvalue weighted by molar-refractivity contribution is 8.00. The van der Waals surface area contributed by atoms with E-state index in [4.69, 9.17) is 4.74 Å². The molecule has 35 heavy (non-hydrogen) atoms. The second-order valence-corrected chi connectivity index (χ2v) is 9.53. The van der Waals surface area contributed by atoms with Crippen molar-refractivity contribution in [2.45, 2.75) is 50.4 Å². The lowest BCUT2D eigenvalue weighted by molar-refractivity contribution is -0.115. The van der Waals surface area contributed by atoms with Crippen LogP contribution in [0.1, 0.15) is 45.6 Å². The molecular formula is C26H29N5O3S. The van der Waals surface area contributed by atoms with Gasteiger partial charge in [-0.1, -0.05) is 44.7 Å². The summed E-state index contributed by atoms with van der Waals surface area (Å²) in [6, 6.07) is 15.2. The average Bonchev–Trinajstić information content (AvgIpc) is 3.27. The zero-order valence-corrected chi connectivity index (χ0v) is 21.1. The van der Waals surface area contributed by atoms with E-state index in [0.29, 0.717) is 29.8 Å². The minimum absolute atomic E-state index is 0.116. The normalized spacial score (nSPS) is 12.1. The van der Waals surface area contributed by atoms with Crippen LogP contribution in [0.4, 0.5) is 5.69 Å². The molecule has 1 amide bonds. The smallest absolute Gasteiger partial charge is 0.300 e. The minimum atomic E-state index is -0.388. The van der Waals surface area contributed by atoms with Gasteiger partial charge in [0.15, 0.2) is 5.16 Å². The number of carbonyl (C=O) groups excluding carboxylic acids is 1. The highest BCUT2D eigenvalue weighted by atomic mass is 32.2. The largest absolute Gasteiger partial charge is 0.494 e. The van der Waals surface area contributed by atoms with Gasteiger partial charge in [0.05, 0.1) is 11.9 Å². The number of thioether (sulfide) groups is 1. The highest BCUT2D eigenvalue weighted by Gasteiger charge is 2.22. The minimum Gasteiger partial charge on any atom is -0.494 e. The second kappa shape index (κ2) is 10.8. The zero-order chi connectivity index (χ0) is 24.9. The molecule has 0 aliphatic carbocycles. The van der Waals surface area contributed by atoms with Crippen LogP contribution in [0.3, 0.4) is 0 Å². The molecule has 0 spiro atoms. The van der Waals surface area contributed by atoms with Gasteiger partial charge in [0.25, 0.3) is 0 Å². The molecule has 1 unspecified atom stereocenters. The number of anilines is 1. The lowest BCUT2D eigenvalue weighted by atomic mass is 10.0. The summed E-state index contributed by atoms with van der Waals surface area (Å²) in [6.07, 6.45) is 4.01. The Hall–Kier alpha value is -3.59. The first kappa shape index (κ1) is 24.5. The number of rotatable bonds is 9. The van der Waals surface area contributed by atoms with Gasteiger partial charge in [0.1, 0.15) is 5.75 Å². The van der Waals surface area contributed by atoms with Crippen molar-refractivity contribution in [2.75, 3.05) is 11.9 Å². The number of hydrogen-bond donors (Lipinski definition) is 1. The van der Waals surface area contributed by atoms with Crippen molar-refractivity contribution in [1.29, 1.82) is 0 Å². The molecule has 0 bridgehead atoms. The summed E-state index contributed by atoms with van der Waals surface area (Å²) in [6.45, 7) is 8.71. The van der Waals surface area contributed by atoms with Gasteiger partial charge in [0, 0.05) is 23.8 Å². The zero-order valence-electron chi connectivity index (χ0n) is 20.3. The lowest BCUT2D eigenvalue weighted by Gasteiger charge is -2.14. The van der Waals surface area contributed by atoms with E-state index in [1.165, 1.54) is 21.9 Å². The number of hydrogen-bond acceptors (Lipinski definition) is 6. The van der Waals surface area contributed by atoms with Crippen LogP contribution < -0.4 is 15.6 Å². The summed E-state index contributed by atoms with van der Waals surface area (Å²) in [4.78, 5) is 26.0. The van der Waals surface area contributed by atoms with Crippen LogP contribution in [0.5, 0.6) is 5.75 Å². The molecule has 2 aromatic carbocycles. The summed E-state index contributed by atoms with van der Waals surface area (Å²) >= 11 is 1.29. The predicted molar refractivity (Wildman–Crippen MR) is 139 cm³/mol. The first-order chi connectivity index (χ1) is 16.9. The second-order valence-electron chi connectivity index (χ2n) is 8.36. The van der Waals surface area contributed by atoms with Gasteiger partial charge in [0.2, 0.25) is 11.6 Å². The number of amides is 1. The SMILES string of the molecule is CCOc1ccc(-n2ccn3c(SC(CC)C(=O)Nc4ccc(C(C)C)cc4)nnc3c2=O)cc1. The summed E-state index contributed by atoms with van der Waals surface area (Å²) in [5.41, 5.74) is 2.58. The molecule has 1 atom stereocenters. The van der Waals surface area contributed by atoms with E-state index >= 15 is 0 Å². The number of nitrogens with zero attached hydrogens (tertiary/aromatic N) is 4. The number of carbonyl (C=O) groups is 1. The maximum Gasteiger partial charge on any atom is 0.300 e. The Morgan fingerprint density at radius 2 is 1.74 bits per heavy atom. The first-order valence-corrected chi connectivity index (χ1v) is 12.6. The maximum absolute atomic E-state index is 13.1. The first-order valence-electron chi connectivity index (χ1n) is 11.7. The molecule has 4 rings (SSSR count). The fraction of sp³-hybridized carbons (Fsp3) is 0.308. The fourth-order valence-electron chi connectivity index (χ4n) is 3.64. The molecular weight excluding hydrogens is 462 g/mol. The number of ether oxygens (including phenoxy) is 1. The van der Waals surface area contributed by atoms with Crippen LogP contribution >= 0.6 is 11.8 Å². The summed E-state index contributed by atoms with van der Waals surface area (Å²) in [7, 11) is 0. The summed E-state index contributed by atoms with van der Waals surface area (Å²) in [5, 5.41) is 11.4.